The van der Waals surface area contributed by atoms with Gasteiger partial charge in [0.1, 0.15) is 11.7 Å². The van der Waals surface area contributed by atoms with Gasteiger partial charge in [0.15, 0.2) is 0 Å². The molecule has 24 heavy (non-hydrogen) atoms. The summed E-state index contributed by atoms with van der Waals surface area (Å²) in [4.78, 5) is 26.3. The van der Waals surface area contributed by atoms with Gasteiger partial charge in [-0.25, -0.2) is 4.79 Å². The van der Waals surface area contributed by atoms with Gasteiger partial charge in [-0.15, -0.1) is 0 Å². The van der Waals surface area contributed by atoms with E-state index in [1.807, 2.05) is 20.8 Å². The number of ether oxygens (including phenoxy) is 2. The summed E-state index contributed by atoms with van der Waals surface area (Å²) in [6.07, 6.45) is 4.25. The van der Waals surface area contributed by atoms with Crippen molar-refractivity contribution in [3.63, 3.8) is 0 Å². The molecule has 1 fully saturated rings. The Balaban J connectivity index is 2.51. The normalized spacial score (nSPS) is 16.8. The molecule has 0 radical (unpaired) electrons. The minimum Gasteiger partial charge on any atom is -0.462 e. The number of hydrogen-bond acceptors (Lipinski definition) is 4. The number of likely N-dealkylation sites (tertiary alicyclic amines) is 1. The molecule has 1 aliphatic heterocycles. The molecule has 0 saturated carbocycles. The average Bonchev–Trinajstić information content (AvgIpc) is 2.60. The second kappa shape index (κ2) is 8.72. The van der Waals surface area contributed by atoms with Crippen molar-refractivity contribution in [1.29, 1.82) is 0 Å². The van der Waals surface area contributed by atoms with Crippen LogP contribution in [0.5, 0.6) is 0 Å². The molecule has 140 valence electrons. The Bertz CT molecular complexity index is 413. The second-order valence-corrected chi connectivity index (χ2v) is 7.44. The van der Waals surface area contributed by atoms with Crippen molar-refractivity contribution >= 4 is 12.1 Å². The van der Waals surface area contributed by atoms with Crippen molar-refractivity contribution in [1.82, 2.24) is 4.90 Å². The maximum absolute atomic E-state index is 12.4. The number of rotatable bonds is 7. The van der Waals surface area contributed by atoms with Crippen molar-refractivity contribution in [2.24, 2.45) is 5.41 Å². The molecule has 0 aromatic heterocycles. The fourth-order valence-electron chi connectivity index (χ4n) is 2.83. The lowest BCUT2D eigenvalue weighted by molar-refractivity contribution is -0.161. The molecule has 0 bridgehead atoms. The second-order valence-electron chi connectivity index (χ2n) is 7.44. The number of amides is 1. The van der Waals surface area contributed by atoms with Gasteiger partial charge in [-0.2, -0.15) is 0 Å². The van der Waals surface area contributed by atoms with Gasteiger partial charge in [-0.3, -0.25) is 4.79 Å². The fraction of sp³-hybridized carbons (Fsp3) is 0.895. The van der Waals surface area contributed by atoms with Crippen LogP contribution >= 0.6 is 0 Å². The Hall–Kier alpha value is -1.26. The van der Waals surface area contributed by atoms with Gasteiger partial charge in [0.25, 0.3) is 0 Å². The first-order chi connectivity index (χ1) is 11.2. The van der Waals surface area contributed by atoms with E-state index in [4.69, 9.17) is 9.47 Å². The van der Waals surface area contributed by atoms with Crippen LogP contribution in [0.2, 0.25) is 0 Å². The lowest BCUT2D eigenvalue weighted by atomic mass is 9.90. The van der Waals surface area contributed by atoms with E-state index in [1.54, 1.807) is 4.90 Å². The van der Waals surface area contributed by atoms with Crippen molar-refractivity contribution in [2.45, 2.75) is 91.8 Å². The number of nitrogens with zero attached hydrogens (tertiary/aromatic N) is 1. The molecule has 0 atom stereocenters. The fourth-order valence-corrected chi connectivity index (χ4v) is 2.83. The maximum atomic E-state index is 12.4. The molecule has 1 amide bonds. The first kappa shape index (κ1) is 20.8. The van der Waals surface area contributed by atoms with Crippen LogP contribution in [0.1, 0.15) is 80.1 Å². The van der Waals surface area contributed by atoms with Gasteiger partial charge < -0.3 is 14.4 Å². The third-order valence-electron chi connectivity index (χ3n) is 5.65. The van der Waals surface area contributed by atoms with Crippen LogP contribution in [-0.2, 0) is 14.3 Å². The van der Waals surface area contributed by atoms with Crippen molar-refractivity contribution in [3.8, 4) is 0 Å². The van der Waals surface area contributed by atoms with Crippen LogP contribution in [0.15, 0.2) is 0 Å². The molecule has 1 saturated heterocycles. The Morgan fingerprint density at radius 2 is 1.46 bits per heavy atom. The molecule has 1 heterocycles. The van der Waals surface area contributed by atoms with E-state index in [0.29, 0.717) is 25.9 Å². The van der Waals surface area contributed by atoms with E-state index in [2.05, 4.69) is 20.8 Å². The molecule has 1 rings (SSSR count). The molecule has 1 aliphatic rings. The first-order valence-electron chi connectivity index (χ1n) is 9.42. The molecule has 0 aromatic carbocycles. The van der Waals surface area contributed by atoms with Crippen LogP contribution in [0, 0.1) is 5.41 Å². The standard InChI is InChI=1S/C19H35NO4/c1-7-18(5,6)16(21)23-15-11-13-20(14-12-15)17(22)24-19(8-2,9-3)10-4/h15H,7-14H2,1-6H3. The van der Waals surface area contributed by atoms with Gasteiger partial charge >= 0.3 is 12.1 Å². The molecule has 0 spiro atoms. The largest absolute Gasteiger partial charge is 0.462 e. The summed E-state index contributed by atoms with van der Waals surface area (Å²) in [6.45, 7) is 13.1. The van der Waals surface area contributed by atoms with Crippen LogP contribution in [0.3, 0.4) is 0 Å². The van der Waals surface area contributed by atoms with E-state index >= 15 is 0 Å². The van der Waals surface area contributed by atoms with Crippen LogP contribution in [0.4, 0.5) is 4.79 Å². The smallest absolute Gasteiger partial charge is 0.410 e. The zero-order chi connectivity index (χ0) is 18.4. The predicted molar refractivity (Wildman–Crippen MR) is 94.8 cm³/mol. The number of piperidine rings is 1. The minimum atomic E-state index is -0.445. The predicted octanol–water partition coefficient (Wildman–Crippen LogP) is 4.54. The van der Waals surface area contributed by atoms with Gasteiger partial charge in [-0.1, -0.05) is 27.7 Å². The monoisotopic (exact) mass is 341 g/mol. The summed E-state index contributed by atoms with van der Waals surface area (Å²) in [5.41, 5.74) is -0.801. The van der Waals surface area contributed by atoms with Crippen LogP contribution in [-0.4, -0.2) is 41.8 Å². The number of carbonyl (C=O) groups excluding carboxylic acids is 2. The van der Waals surface area contributed by atoms with Crippen molar-refractivity contribution in [2.75, 3.05) is 13.1 Å². The molecule has 0 aromatic rings. The Morgan fingerprint density at radius 1 is 0.958 bits per heavy atom. The van der Waals surface area contributed by atoms with E-state index in [9.17, 15) is 9.59 Å². The lowest BCUT2D eigenvalue weighted by Crippen LogP contribution is -2.46. The number of carbonyl (C=O) groups is 2. The van der Waals surface area contributed by atoms with Gasteiger partial charge in [0.05, 0.1) is 5.41 Å². The topological polar surface area (TPSA) is 55.8 Å². The van der Waals surface area contributed by atoms with Gasteiger partial charge in [0, 0.05) is 25.9 Å². The van der Waals surface area contributed by atoms with Gasteiger partial charge in [0.2, 0.25) is 0 Å². The summed E-state index contributed by atoms with van der Waals surface area (Å²) in [6, 6.07) is 0. The quantitative estimate of drug-likeness (QED) is 0.638. The number of hydrogen-bond donors (Lipinski definition) is 0. The molecular formula is C19H35NO4. The van der Waals surface area contributed by atoms with E-state index < -0.39 is 5.41 Å². The van der Waals surface area contributed by atoms with E-state index in [1.165, 1.54) is 0 Å². The van der Waals surface area contributed by atoms with Crippen molar-refractivity contribution < 1.29 is 19.1 Å². The summed E-state index contributed by atoms with van der Waals surface area (Å²) in [7, 11) is 0. The highest BCUT2D eigenvalue weighted by Crippen LogP contribution is 2.27. The average molecular weight is 341 g/mol. The highest BCUT2D eigenvalue weighted by Gasteiger charge is 2.34. The highest BCUT2D eigenvalue weighted by molar-refractivity contribution is 5.76. The minimum absolute atomic E-state index is 0.0966. The highest BCUT2D eigenvalue weighted by atomic mass is 16.6. The Morgan fingerprint density at radius 3 is 1.88 bits per heavy atom. The van der Waals surface area contributed by atoms with Crippen LogP contribution in [0.25, 0.3) is 0 Å². The zero-order valence-electron chi connectivity index (χ0n) is 16.3. The molecule has 0 N–H and O–H groups in total. The van der Waals surface area contributed by atoms with Crippen molar-refractivity contribution in [3.05, 3.63) is 0 Å². The van der Waals surface area contributed by atoms with E-state index in [0.717, 1.165) is 25.7 Å². The Labute approximate surface area is 147 Å². The Kier molecular flexibility index (Phi) is 7.56. The third-order valence-corrected chi connectivity index (χ3v) is 5.65. The summed E-state index contributed by atoms with van der Waals surface area (Å²) >= 11 is 0. The summed E-state index contributed by atoms with van der Waals surface area (Å²) in [5.74, 6) is -0.145. The van der Waals surface area contributed by atoms with Gasteiger partial charge in [-0.05, 0) is 39.5 Å². The third kappa shape index (κ3) is 5.12. The van der Waals surface area contributed by atoms with E-state index in [-0.39, 0.29) is 23.8 Å². The molecule has 5 heteroatoms. The lowest BCUT2D eigenvalue weighted by Gasteiger charge is -2.36. The maximum Gasteiger partial charge on any atom is 0.410 e. The molecule has 5 nitrogen and oxygen atoms in total. The zero-order valence-corrected chi connectivity index (χ0v) is 16.3. The summed E-state index contributed by atoms with van der Waals surface area (Å²) < 4.78 is 11.4. The molecular weight excluding hydrogens is 306 g/mol. The molecule has 0 aliphatic carbocycles. The first-order valence-corrected chi connectivity index (χ1v) is 9.42. The number of esters is 1. The molecule has 0 unspecified atom stereocenters. The van der Waals surface area contributed by atoms with Crippen LogP contribution < -0.4 is 0 Å². The SMILES string of the molecule is CCC(CC)(CC)OC(=O)N1CCC(OC(=O)C(C)(C)CC)CC1. The summed E-state index contributed by atoms with van der Waals surface area (Å²) in [5, 5.41) is 0.